The third-order valence-electron chi connectivity index (χ3n) is 4.43. The number of thioether (sulfide) groups is 1. The van der Waals surface area contributed by atoms with E-state index in [4.69, 9.17) is 16.3 Å². The van der Waals surface area contributed by atoms with Crippen LogP contribution in [0.1, 0.15) is 5.56 Å². The van der Waals surface area contributed by atoms with Gasteiger partial charge in [-0.05, 0) is 48.2 Å². The summed E-state index contributed by atoms with van der Waals surface area (Å²) in [5, 5.41) is 14.7. The summed E-state index contributed by atoms with van der Waals surface area (Å²) in [6.45, 7) is 1.95. The lowest BCUT2D eigenvalue weighted by atomic mass is 10.2. The molecule has 1 N–H and O–H groups in total. The van der Waals surface area contributed by atoms with E-state index in [2.05, 4.69) is 15.5 Å². The first-order chi connectivity index (χ1) is 15.1. The Hall–Kier alpha value is -2.81. The van der Waals surface area contributed by atoms with E-state index in [1.165, 1.54) is 11.8 Å². The predicted molar refractivity (Wildman–Crippen MR) is 127 cm³/mol. The van der Waals surface area contributed by atoms with E-state index in [0.717, 1.165) is 16.1 Å². The summed E-state index contributed by atoms with van der Waals surface area (Å²) in [5.74, 6) is 1.37. The quantitative estimate of drug-likeness (QED) is 0.351. The van der Waals surface area contributed by atoms with Crippen LogP contribution in [0.5, 0.6) is 5.75 Å². The van der Waals surface area contributed by atoms with Crippen LogP contribution in [0.3, 0.4) is 0 Å². The van der Waals surface area contributed by atoms with E-state index in [-0.39, 0.29) is 11.7 Å². The number of thiophene rings is 1. The minimum Gasteiger partial charge on any atom is -0.495 e. The lowest BCUT2D eigenvalue weighted by molar-refractivity contribution is -0.113. The van der Waals surface area contributed by atoms with Crippen molar-refractivity contribution in [3.05, 3.63) is 70.6 Å². The Morgan fingerprint density at radius 1 is 1.19 bits per heavy atom. The molecular formula is C22H19ClN4O2S2. The van der Waals surface area contributed by atoms with Crippen molar-refractivity contribution in [3.63, 3.8) is 0 Å². The maximum Gasteiger partial charge on any atom is 0.234 e. The fourth-order valence-corrected chi connectivity index (χ4v) is 4.72. The third-order valence-corrected chi connectivity index (χ3v) is 6.54. The molecule has 158 valence electrons. The topological polar surface area (TPSA) is 69.0 Å². The molecule has 0 aliphatic rings. The number of methoxy groups -OCH3 is 1. The van der Waals surface area contributed by atoms with Gasteiger partial charge in [-0.15, -0.1) is 21.5 Å². The molecule has 0 fully saturated rings. The minimum atomic E-state index is -0.178. The fourth-order valence-electron chi connectivity index (χ4n) is 3.00. The number of nitrogens with zero attached hydrogens (tertiary/aromatic N) is 3. The summed E-state index contributed by atoms with van der Waals surface area (Å²) in [6, 6.07) is 17.1. The zero-order valence-electron chi connectivity index (χ0n) is 16.8. The van der Waals surface area contributed by atoms with Crippen molar-refractivity contribution in [2.24, 2.45) is 0 Å². The van der Waals surface area contributed by atoms with Crippen molar-refractivity contribution in [3.8, 4) is 22.1 Å². The number of carbonyl (C=O) groups excluding carboxylic acids is 1. The summed E-state index contributed by atoms with van der Waals surface area (Å²) in [7, 11) is 1.62. The molecule has 0 unspecified atom stereocenters. The van der Waals surface area contributed by atoms with Crippen LogP contribution in [-0.4, -0.2) is 33.5 Å². The first-order valence-electron chi connectivity index (χ1n) is 9.38. The number of ether oxygens (including phenoxy) is 1. The van der Waals surface area contributed by atoms with Crippen molar-refractivity contribution in [1.82, 2.24) is 14.8 Å². The van der Waals surface area contributed by atoms with Crippen LogP contribution in [0.4, 0.5) is 5.69 Å². The number of anilines is 1. The Bertz CT molecular complexity index is 1210. The second-order valence-electron chi connectivity index (χ2n) is 6.61. The van der Waals surface area contributed by atoms with Crippen LogP contribution in [0.2, 0.25) is 5.02 Å². The highest BCUT2D eigenvalue weighted by molar-refractivity contribution is 7.99. The van der Waals surface area contributed by atoms with E-state index in [0.29, 0.717) is 27.4 Å². The van der Waals surface area contributed by atoms with Gasteiger partial charge in [-0.1, -0.05) is 47.6 Å². The van der Waals surface area contributed by atoms with Crippen molar-refractivity contribution < 1.29 is 9.53 Å². The van der Waals surface area contributed by atoms with E-state index < -0.39 is 0 Å². The zero-order valence-corrected chi connectivity index (χ0v) is 19.2. The summed E-state index contributed by atoms with van der Waals surface area (Å²) in [5.41, 5.74) is 2.43. The summed E-state index contributed by atoms with van der Waals surface area (Å²) >= 11 is 9.10. The molecule has 31 heavy (non-hydrogen) atoms. The number of hydrogen-bond acceptors (Lipinski definition) is 6. The van der Waals surface area contributed by atoms with Crippen LogP contribution in [0.15, 0.2) is 65.1 Å². The highest BCUT2D eigenvalue weighted by Gasteiger charge is 2.20. The molecule has 2 heterocycles. The summed E-state index contributed by atoms with van der Waals surface area (Å²) in [6.07, 6.45) is 0. The van der Waals surface area contributed by atoms with Gasteiger partial charge in [0.2, 0.25) is 5.91 Å². The second-order valence-corrected chi connectivity index (χ2v) is 8.91. The normalized spacial score (nSPS) is 10.8. The van der Waals surface area contributed by atoms with Crippen molar-refractivity contribution in [1.29, 1.82) is 0 Å². The number of rotatable bonds is 7. The van der Waals surface area contributed by atoms with E-state index in [1.807, 2.05) is 65.4 Å². The minimum absolute atomic E-state index is 0.155. The number of nitrogens with one attached hydrogen (secondary N) is 1. The van der Waals surface area contributed by atoms with Gasteiger partial charge < -0.3 is 10.1 Å². The number of hydrogen-bond donors (Lipinski definition) is 1. The van der Waals surface area contributed by atoms with Crippen LogP contribution >= 0.6 is 34.7 Å². The van der Waals surface area contributed by atoms with Gasteiger partial charge in [0.1, 0.15) is 5.75 Å². The lowest BCUT2D eigenvalue weighted by Gasteiger charge is -2.13. The predicted octanol–water partition coefficient (Wildman–Crippen LogP) is 5.70. The van der Waals surface area contributed by atoms with Gasteiger partial charge in [-0.25, -0.2) is 0 Å². The molecule has 6 nitrogen and oxygen atoms in total. The molecule has 2 aromatic heterocycles. The smallest absolute Gasteiger partial charge is 0.234 e. The Morgan fingerprint density at radius 3 is 2.77 bits per heavy atom. The molecule has 0 atom stereocenters. The monoisotopic (exact) mass is 470 g/mol. The first-order valence-corrected chi connectivity index (χ1v) is 11.6. The molecule has 4 aromatic rings. The zero-order chi connectivity index (χ0) is 21.8. The van der Waals surface area contributed by atoms with E-state index in [9.17, 15) is 4.79 Å². The molecule has 2 aromatic carbocycles. The highest BCUT2D eigenvalue weighted by Crippen LogP contribution is 2.34. The highest BCUT2D eigenvalue weighted by atomic mass is 35.5. The standard InChI is InChI=1S/C22H19ClN4O2S2/c1-14-9-10-16(15(23)12-14)24-20(28)13-31-22-26-25-21(19-8-5-11-30-19)27(22)17-6-3-4-7-18(17)29-2/h3-12H,13H2,1-2H3,(H,24,28). The van der Waals surface area contributed by atoms with Gasteiger partial charge in [0.15, 0.2) is 11.0 Å². The number of amides is 1. The third kappa shape index (κ3) is 4.76. The molecule has 9 heteroatoms. The lowest BCUT2D eigenvalue weighted by Crippen LogP contribution is -2.15. The van der Waals surface area contributed by atoms with Crippen molar-refractivity contribution in [2.75, 3.05) is 18.2 Å². The van der Waals surface area contributed by atoms with Gasteiger partial charge in [0, 0.05) is 0 Å². The molecule has 0 aliphatic carbocycles. The number of carbonyl (C=O) groups is 1. The van der Waals surface area contributed by atoms with Crippen LogP contribution in [-0.2, 0) is 4.79 Å². The maximum absolute atomic E-state index is 12.6. The molecular weight excluding hydrogens is 452 g/mol. The van der Waals surface area contributed by atoms with E-state index >= 15 is 0 Å². The second kappa shape index (κ2) is 9.55. The molecule has 1 amide bonds. The van der Waals surface area contributed by atoms with Crippen LogP contribution < -0.4 is 10.1 Å². The number of halogens is 1. The Kier molecular flexibility index (Phi) is 6.60. The summed E-state index contributed by atoms with van der Waals surface area (Å²) in [4.78, 5) is 13.5. The van der Waals surface area contributed by atoms with Crippen molar-refractivity contribution >= 4 is 46.3 Å². The number of aryl methyl sites for hydroxylation is 1. The average Bonchev–Trinajstić information content (AvgIpc) is 3.44. The maximum atomic E-state index is 12.6. The van der Waals surface area contributed by atoms with Crippen molar-refractivity contribution in [2.45, 2.75) is 12.1 Å². The molecule has 4 rings (SSSR count). The van der Waals surface area contributed by atoms with Crippen LogP contribution in [0.25, 0.3) is 16.4 Å². The fraction of sp³-hybridized carbons (Fsp3) is 0.136. The van der Waals surface area contributed by atoms with Gasteiger partial charge in [0.05, 0.1) is 34.1 Å². The van der Waals surface area contributed by atoms with Gasteiger partial charge in [-0.2, -0.15) is 0 Å². The number of aromatic nitrogens is 3. The first kappa shape index (κ1) is 21.4. The molecule has 0 spiro atoms. The SMILES string of the molecule is COc1ccccc1-n1c(SCC(=O)Nc2ccc(C)cc2Cl)nnc1-c1cccs1. The van der Waals surface area contributed by atoms with Gasteiger partial charge >= 0.3 is 0 Å². The Balaban J connectivity index is 1.60. The summed E-state index contributed by atoms with van der Waals surface area (Å²) < 4.78 is 7.47. The Morgan fingerprint density at radius 2 is 2.03 bits per heavy atom. The molecule has 0 saturated carbocycles. The van der Waals surface area contributed by atoms with E-state index in [1.54, 1.807) is 24.5 Å². The molecule has 0 bridgehead atoms. The number of benzene rings is 2. The molecule has 0 aliphatic heterocycles. The largest absolute Gasteiger partial charge is 0.495 e. The van der Waals surface area contributed by atoms with Crippen LogP contribution in [0, 0.1) is 6.92 Å². The Labute approximate surface area is 193 Å². The number of para-hydroxylation sites is 2. The molecule has 0 saturated heterocycles. The van der Waals surface area contributed by atoms with Gasteiger partial charge in [-0.3, -0.25) is 9.36 Å². The average molecular weight is 471 g/mol. The molecule has 0 radical (unpaired) electrons. The van der Waals surface area contributed by atoms with Gasteiger partial charge in [0.25, 0.3) is 0 Å².